The molecule has 1 unspecified atom stereocenters. The Morgan fingerprint density at radius 2 is 1.97 bits per heavy atom. The van der Waals surface area contributed by atoms with Gasteiger partial charge in [0.05, 0.1) is 18.5 Å². The molecule has 0 spiro atoms. The Bertz CT molecular complexity index is 1210. The van der Waals surface area contributed by atoms with Gasteiger partial charge >= 0.3 is 0 Å². The van der Waals surface area contributed by atoms with Gasteiger partial charge in [0.2, 0.25) is 15.2 Å². The first-order chi connectivity index (χ1) is 14.2. The van der Waals surface area contributed by atoms with Crippen LogP contribution in [0.3, 0.4) is 0 Å². The van der Waals surface area contributed by atoms with E-state index in [0.717, 1.165) is 21.7 Å². The standard InChI is InChI=1S/C19H17ClN4O4S2/c1-11-3-5-12(6-4-11)18-22-23-19(29-18)21-17(25)16-10-24(30(2,26)27)14-9-13(20)7-8-15(14)28-16/h3-9,16H,10H2,1-2H3,(H,21,23,25). The SMILES string of the molecule is Cc1ccc(-c2nnc(NC(=O)C3CN(S(C)(=O)=O)c4cc(Cl)ccc4O3)s2)cc1. The average molecular weight is 465 g/mol. The summed E-state index contributed by atoms with van der Waals surface area (Å²) in [6, 6.07) is 12.4. The van der Waals surface area contributed by atoms with E-state index in [0.29, 0.717) is 20.8 Å². The first-order valence-corrected chi connectivity index (χ1v) is 11.9. The zero-order valence-electron chi connectivity index (χ0n) is 16.0. The smallest absolute Gasteiger partial charge is 0.269 e. The van der Waals surface area contributed by atoms with Gasteiger partial charge in [0.1, 0.15) is 10.8 Å². The highest BCUT2D eigenvalue weighted by Gasteiger charge is 2.35. The molecule has 1 aliphatic heterocycles. The molecular formula is C19H17ClN4O4S2. The monoisotopic (exact) mass is 464 g/mol. The summed E-state index contributed by atoms with van der Waals surface area (Å²) in [4.78, 5) is 12.8. The number of amides is 1. The van der Waals surface area contributed by atoms with Gasteiger partial charge in [-0.05, 0) is 25.1 Å². The Hall–Kier alpha value is -2.69. The van der Waals surface area contributed by atoms with Crippen LogP contribution >= 0.6 is 22.9 Å². The number of nitrogens with zero attached hydrogens (tertiary/aromatic N) is 3. The van der Waals surface area contributed by atoms with Crippen LogP contribution in [0.15, 0.2) is 42.5 Å². The largest absolute Gasteiger partial charge is 0.476 e. The number of halogens is 1. The number of hydrogen-bond donors (Lipinski definition) is 1. The normalized spacial score (nSPS) is 16.0. The molecule has 3 aromatic rings. The van der Waals surface area contributed by atoms with Gasteiger partial charge in [-0.2, -0.15) is 0 Å². The quantitative estimate of drug-likeness (QED) is 0.635. The van der Waals surface area contributed by atoms with Crippen LogP contribution in [0, 0.1) is 6.92 Å². The molecule has 2 heterocycles. The number of carbonyl (C=O) groups excluding carboxylic acids is 1. The maximum absolute atomic E-state index is 12.8. The summed E-state index contributed by atoms with van der Waals surface area (Å²) in [6.45, 7) is 1.81. The highest BCUT2D eigenvalue weighted by Crippen LogP contribution is 2.37. The van der Waals surface area contributed by atoms with E-state index in [1.807, 2.05) is 31.2 Å². The van der Waals surface area contributed by atoms with Crippen molar-refractivity contribution in [3.05, 3.63) is 53.1 Å². The van der Waals surface area contributed by atoms with E-state index in [4.69, 9.17) is 16.3 Å². The van der Waals surface area contributed by atoms with E-state index >= 15 is 0 Å². The first kappa shape index (κ1) is 20.6. The molecule has 1 atom stereocenters. The van der Waals surface area contributed by atoms with Crippen molar-refractivity contribution < 1.29 is 17.9 Å². The zero-order valence-corrected chi connectivity index (χ0v) is 18.4. The number of hydrogen-bond acceptors (Lipinski definition) is 7. The van der Waals surface area contributed by atoms with Crippen molar-refractivity contribution >= 4 is 49.7 Å². The number of carbonyl (C=O) groups is 1. The Balaban J connectivity index is 1.54. The molecule has 2 aromatic carbocycles. The fourth-order valence-electron chi connectivity index (χ4n) is 2.95. The second-order valence-corrected chi connectivity index (χ2v) is 10.1. The van der Waals surface area contributed by atoms with Gasteiger partial charge in [0.25, 0.3) is 5.91 Å². The second-order valence-electron chi connectivity index (χ2n) is 6.78. The highest BCUT2D eigenvalue weighted by molar-refractivity contribution is 7.92. The molecule has 0 bridgehead atoms. The molecule has 0 radical (unpaired) electrons. The van der Waals surface area contributed by atoms with Crippen LogP contribution in [0.4, 0.5) is 10.8 Å². The molecule has 0 aliphatic carbocycles. The summed E-state index contributed by atoms with van der Waals surface area (Å²) >= 11 is 7.21. The lowest BCUT2D eigenvalue weighted by molar-refractivity contribution is -0.122. The molecule has 1 N–H and O–H groups in total. The van der Waals surface area contributed by atoms with Crippen LogP contribution in [0.2, 0.25) is 5.02 Å². The number of anilines is 2. The number of rotatable bonds is 4. The summed E-state index contributed by atoms with van der Waals surface area (Å²) in [5.74, 6) is -0.260. The van der Waals surface area contributed by atoms with Gasteiger partial charge in [-0.3, -0.25) is 14.4 Å². The number of sulfonamides is 1. The number of fused-ring (bicyclic) bond motifs is 1. The molecule has 1 amide bonds. The van der Waals surface area contributed by atoms with E-state index in [1.54, 1.807) is 6.07 Å². The van der Waals surface area contributed by atoms with Crippen LogP contribution in [0.5, 0.6) is 5.75 Å². The average Bonchev–Trinajstić information content (AvgIpc) is 3.15. The van der Waals surface area contributed by atoms with Gasteiger partial charge in [0.15, 0.2) is 6.10 Å². The van der Waals surface area contributed by atoms with Gasteiger partial charge in [-0.25, -0.2) is 8.42 Å². The van der Waals surface area contributed by atoms with Crippen molar-refractivity contribution in [3.63, 3.8) is 0 Å². The van der Waals surface area contributed by atoms with Gasteiger partial charge in [-0.15, -0.1) is 10.2 Å². The van der Waals surface area contributed by atoms with E-state index in [1.165, 1.54) is 23.5 Å². The minimum Gasteiger partial charge on any atom is -0.476 e. The topological polar surface area (TPSA) is 101 Å². The third kappa shape index (κ3) is 4.25. The maximum Gasteiger partial charge on any atom is 0.269 e. The summed E-state index contributed by atoms with van der Waals surface area (Å²) in [5.41, 5.74) is 2.32. The van der Waals surface area contributed by atoms with Crippen LogP contribution in [0.25, 0.3) is 10.6 Å². The summed E-state index contributed by atoms with van der Waals surface area (Å²) < 4.78 is 31.3. The van der Waals surface area contributed by atoms with Crippen molar-refractivity contribution in [3.8, 4) is 16.3 Å². The molecule has 0 fully saturated rings. The van der Waals surface area contributed by atoms with E-state index in [2.05, 4.69) is 15.5 Å². The zero-order chi connectivity index (χ0) is 21.5. The third-order valence-corrected chi connectivity index (χ3v) is 6.71. The Morgan fingerprint density at radius 3 is 2.67 bits per heavy atom. The molecule has 4 rings (SSSR count). The fraction of sp³-hybridized carbons (Fsp3) is 0.211. The van der Waals surface area contributed by atoms with Crippen molar-refractivity contribution in [1.29, 1.82) is 0 Å². The van der Waals surface area contributed by atoms with Gasteiger partial charge < -0.3 is 4.74 Å². The third-order valence-electron chi connectivity index (χ3n) is 4.44. The van der Waals surface area contributed by atoms with Crippen LogP contribution in [0.1, 0.15) is 5.56 Å². The van der Waals surface area contributed by atoms with E-state index in [9.17, 15) is 13.2 Å². The minimum absolute atomic E-state index is 0.179. The van der Waals surface area contributed by atoms with E-state index in [-0.39, 0.29) is 12.3 Å². The van der Waals surface area contributed by atoms with E-state index < -0.39 is 22.0 Å². The Morgan fingerprint density at radius 1 is 1.23 bits per heavy atom. The molecule has 30 heavy (non-hydrogen) atoms. The summed E-state index contributed by atoms with van der Waals surface area (Å²) in [5, 5.41) is 12.1. The number of aromatic nitrogens is 2. The lowest BCUT2D eigenvalue weighted by atomic mass is 10.2. The number of benzene rings is 2. The molecule has 8 nitrogen and oxygen atoms in total. The molecule has 1 aliphatic rings. The molecule has 1 aromatic heterocycles. The lowest BCUT2D eigenvalue weighted by Crippen LogP contribution is -2.48. The second kappa shape index (κ2) is 7.86. The van der Waals surface area contributed by atoms with Crippen LogP contribution < -0.4 is 14.4 Å². The number of ether oxygens (including phenoxy) is 1. The first-order valence-electron chi connectivity index (χ1n) is 8.86. The summed E-state index contributed by atoms with van der Waals surface area (Å²) in [7, 11) is -3.64. The molecule has 0 saturated heterocycles. The minimum atomic E-state index is -3.64. The fourth-order valence-corrected chi connectivity index (χ4v) is 4.77. The van der Waals surface area contributed by atoms with Crippen LogP contribution in [-0.4, -0.2) is 43.4 Å². The molecule has 0 saturated carbocycles. The maximum atomic E-state index is 12.8. The molecule has 156 valence electrons. The van der Waals surface area contributed by atoms with Crippen molar-refractivity contribution in [2.75, 3.05) is 22.4 Å². The van der Waals surface area contributed by atoms with Crippen molar-refractivity contribution in [2.24, 2.45) is 0 Å². The Labute approximate surface area is 182 Å². The lowest BCUT2D eigenvalue weighted by Gasteiger charge is -2.33. The summed E-state index contributed by atoms with van der Waals surface area (Å²) in [6.07, 6.45) is 0.0106. The predicted octanol–water partition coefficient (Wildman–Crippen LogP) is 3.33. The predicted molar refractivity (Wildman–Crippen MR) is 117 cm³/mol. The van der Waals surface area contributed by atoms with Crippen molar-refractivity contribution in [2.45, 2.75) is 13.0 Å². The molecular weight excluding hydrogens is 448 g/mol. The molecule has 11 heteroatoms. The van der Waals surface area contributed by atoms with Crippen LogP contribution in [-0.2, 0) is 14.8 Å². The Kier molecular flexibility index (Phi) is 5.39. The van der Waals surface area contributed by atoms with Crippen molar-refractivity contribution in [1.82, 2.24) is 10.2 Å². The van der Waals surface area contributed by atoms with Gasteiger partial charge in [-0.1, -0.05) is 52.8 Å². The number of aryl methyl sites for hydroxylation is 1. The van der Waals surface area contributed by atoms with Gasteiger partial charge in [0, 0.05) is 10.6 Å². The highest BCUT2D eigenvalue weighted by atomic mass is 35.5. The number of nitrogens with one attached hydrogen (secondary N) is 1.